The number of nitrogens with two attached hydrogens (primary N) is 1. The molecule has 1 heterocycles. The molecule has 0 aliphatic carbocycles. The van der Waals surface area contributed by atoms with Crippen LogP contribution in [0.5, 0.6) is 5.88 Å². The zero-order chi connectivity index (χ0) is 23.2. The maximum Gasteiger partial charge on any atom is 0.416 e. The lowest BCUT2D eigenvalue weighted by molar-refractivity contribution is -0.137. The fourth-order valence-corrected chi connectivity index (χ4v) is 2.84. The second-order valence-corrected chi connectivity index (χ2v) is 6.96. The molecule has 0 aliphatic rings. The van der Waals surface area contributed by atoms with Crippen molar-refractivity contribution in [1.29, 1.82) is 5.26 Å². The predicted octanol–water partition coefficient (Wildman–Crippen LogP) is 2.50. The first-order valence-corrected chi connectivity index (χ1v) is 9.35. The largest absolute Gasteiger partial charge is 0.477 e. The summed E-state index contributed by atoms with van der Waals surface area (Å²) in [5, 5.41) is 12.4. The van der Waals surface area contributed by atoms with Crippen LogP contribution in [0.3, 0.4) is 0 Å². The molecule has 0 saturated heterocycles. The third kappa shape index (κ3) is 6.55. The van der Waals surface area contributed by atoms with E-state index in [0.717, 1.165) is 12.1 Å². The summed E-state index contributed by atoms with van der Waals surface area (Å²) in [6.45, 7) is 2.15. The van der Waals surface area contributed by atoms with E-state index in [4.69, 9.17) is 10.5 Å². The molecule has 0 aliphatic heterocycles. The lowest BCUT2D eigenvalue weighted by Gasteiger charge is -2.23. The molecule has 1 atom stereocenters. The molecule has 1 aromatic carbocycles. The van der Waals surface area contributed by atoms with Gasteiger partial charge in [0.05, 0.1) is 18.2 Å². The van der Waals surface area contributed by atoms with Gasteiger partial charge in [0.1, 0.15) is 6.07 Å². The number of benzene rings is 1. The first kappa shape index (κ1) is 23.9. The van der Waals surface area contributed by atoms with Gasteiger partial charge in [-0.2, -0.15) is 28.4 Å². The Balaban J connectivity index is 2.33. The van der Waals surface area contributed by atoms with Crippen molar-refractivity contribution in [3.8, 4) is 11.9 Å². The highest BCUT2D eigenvalue weighted by Gasteiger charge is 2.31. The van der Waals surface area contributed by atoms with Crippen LogP contribution < -0.4 is 15.8 Å². The molecule has 166 valence electrons. The van der Waals surface area contributed by atoms with Crippen LogP contribution in [-0.4, -0.2) is 53.9 Å². The quantitative estimate of drug-likeness (QED) is 0.616. The number of ketones is 1. The molecule has 2 aromatic rings. The van der Waals surface area contributed by atoms with Gasteiger partial charge in [-0.05, 0) is 32.6 Å². The SMILES string of the molecule is CCOc1nc(N)nc(N[C@@H](CN(C)C)C(=O)Cc2cccc(C(F)(F)F)c2)c1C#N. The smallest absolute Gasteiger partial charge is 0.416 e. The Hall–Kier alpha value is -3.39. The molecule has 0 radical (unpaired) electrons. The molecular weight excluding hydrogens is 413 g/mol. The number of nitrogen functional groups attached to an aromatic ring is 1. The molecule has 0 bridgehead atoms. The zero-order valence-electron chi connectivity index (χ0n) is 17.3. The van der Waals surface area contributed by atoms with Crippen LogP contribution in [-0.2, 0) is 17.4 Å². The number of nitrogens with zero attached hydrogens (tertiary/aromatic N) is 4. The molecule has 11 heteroatoms. The third-order valence-electron chi connectivity index (χ3n) is 4.17. The average molecular weight is 436 g/mol. The molecule has 0 unspecified atom stereocenters. The lowest BCUT2D eigenvalue weighted by atomic mass is 10.0. The normalized spacial score (nSPS) is 12.3. The van der Waals surface area contributed by atoms with Crippen molar-refractivity contribution in [1.82, 2.24) is 14.9 Å². The average Bonchev–Trinajstić information content (AvgIpc) is 2.67. The Bertz CT molecular complexity index is 972. The summed E-state index contributed by atoms with van der Waals surface area (Å²) >= 11 is 0. The Kier molecular flexibility index (Phi) is 7.77. The van der Waals surface area contributed by atoms with Gasteiger partial charge in [-0.1, -0.05) is 18.2 Å². The molecule has 2 rings (SSSR count). The van der Waals surface area contributed by atoms with E-state index in [-0.39, 0.29) is 54.1 Å². The summed E-state index contributed by atoms with van der Waals surface area (Å²) in [4.78, 5) is 22.6. The van der Waals surface area contributed by atoms with Gasteiger partial charge in [0.25, 0.3) is 0 Å². The number of rotatable bonds is 9. The molecule has 0 saturated carbocycles. The zero-order valence-corrected chi connectivity index (χ0v) is 17.3. The van der Waals surface area contributed by atoms with E-state index in [2.05, 4.69) is 15.3 Å². The van der Waals surface area contributed by atoms with Crippen LogP contribution in [0.1, 0.15) is 23.6 Å². The second-order valence-electron chi connectivity index (χ2n) is 6.96. The minimum absolute atomic E-state index is 0.0164. The second kappa shape index (κ2) is 10.1. The summed E-state index contributed by atoms with van der Waals surface area (Å²) in [6, 6.07) is 5.66. The fourth-order valence-electron chi connectivity index (χ4n) is 2.84. The summed E-state index contributed by atoms with van der Waals surface area (Å²) < 4.78 is 44.2. The molecule has 0 fully saturated rings. The summed E-state index contributed by atoms with van der Waals surface area (Å²) in [5.41, 5.74) is 5.07. The molecule has 1 aromatic heterocycles. The van der Waals surface area contributed by atoms with E-state index >= 15 is 0 Å². The number of carbonyl (C=O) groups excluding carboxylic acids is 1. The van der Waals surface area contributed by atoms with Crippen molar-refractivity contribution in [2.24, 2.45) is 0 Å². The molecule has 0 amide bonds. The Morgan fingerprint density at radius 3 is 2.65 bits per heavy atom. The number of ether oxygens (including phenoxy) is 1. The van der Waals surface area contributed by atoms with Gasteiger partial charge >= 0.3 is 6.18 Å². The predicted molar refractivity (Wildman–Crippen MR) is 108 cm³/mol. The number of anilines is 2. The maximum atomic E-state index is 13.0. The maximum absolute atomic E-state index is 13.0. The van der Waals surface area contributed by atoms with Gasteiger partial charge in [0.2, 0.25) is 11.8 Å². The number of aromatic nitrogens is 2. The summed E-state index contributed by atoms with van der Waals surface area (Å²) in [5.74, 6) is -0.539. The minimum atomic E-state index is -4.50. The topological polar surface area (TPSA) is 117 Å². The van der Waals surface area contributed by atoms with Gasteiger partial charge in [-0.15, -0.1) is 0 Å². The van der Waals surface area contributed by atoms with Crippen LogP contribution in [0.15, 0.2) is 24.3 Å². The van der Waals surface area contributed by atoms with Crippen molar-refractivity contribution in [2.75, 3.05) is 38.3 Å². The van der Waals surface area contributed by atoms with Crippen LogP contribution in [0.25, 0.3) is 0 Å². The van der Waals surface area contributed by atoms with E-state index in [1.165, 1.54) is 12.1 Å². The molecule has 31 heavy (non-hydrogen) atoms. The summed E-state index contributed by atoms with van der Waals surface area (Å²) in [6.07, 6.45) is -4.74. The minimum Gasteiger partial charge on any atom is -0.477 e. The molecule has 0 spiro atoms. The van der Waals surface area contributed by atoms with Crippen molar-refractivity contribution in [3.63, 3.8) is 0 Å². The van der Waals surface area contributed by atoms with E-state index < -0.39 is 17.8 Å². The number of Topliss-reactive ketones (excluding diaryl/α,β-unsaturated/α-hetero) is 1. The lowest BCUT2D eigenvalue weighted by Crippen LogP contribution is -2.40. The van der Waals surface area contributed by atoms with E-state index in [1.54, 1.807) is 25.9 Å². The number of hydrogen-bond donors (Lipinski definition) is 2. The molecule has 8 nitrogen and oxygen atoms in total. The highest BCUT2D eigenvalue weighted by Crippen LogP contribution is 2.30. The number of nitriles is 1. The molecular formula is C20H23F3N6O2. The Morgan fingerprint density at radius 1 is 1.35 bits per heavy atom. The van der Waals surface area contributed by atoms with Crippen LogP contribution in [0.2, 0.25) is 0 Å². The van der Waals surface area contributed by atoms with Crippen molar-refractivity contribution in [2.45, 2.75) is 25.6 Å². The van der Waals surface area contributed by atoms with Gasteiger partial charge in [-0.3, -0.25) is 4.79 Å². The van der Waals surface area contributed by atoms with Gasteiger partial charge in [0.15, 0.2) is 17.2 Å². The summed E-state index contributed by atoms with van der Waals surface area (Å²) in [7, 11) is 3.47. The van der Waals surface area contributed by atoms with Crippen LogP contribution >= 0.6 is 0 Å². The Labute approximate surface area is 177 Å². The number of carbonyl (C=O) groups is 1. The van der Waals surface area contributed by atoms with Crippen molar-refractivity contribution in [3.05, 3.63) is 41.0 Å². The van der Waals surface area contributed by atoms with Crippen molar-refractivity contribution < 1.29 is 22.7 Å². The van der Waals surface area contributed by atoms with E-state index in [0.29, 0.717) is 0 Å². The molecule has 3 N–H and O–H groups in total. The number of hydrogen-bond acceptors (Lipinski definition) is 8. The number of nitrogens with one attached hydrogen (secondary N) is 1. The van der Waals surface area contributed by atoms with Crippen molar-refractivity contribution >= 4 is 17.5 Å². The number of alkyl halides is 3. The number of halogens is 3. The van der Waals surface area contributed by atoms with Gasteiger partial charge in [-0.25, -0.2) is 0 Å². The fraction of sp³-hybridized carbons (Fsp3) is 0.400. The number of likely N-dealkylation sites (N-methyl/N-ethyl adjacent to an activating group) is 1. The third-order valence-corrected chi connectivity index (χ3v) is 4.17. The standard InChI is InChI=1S/C20H23F3N6O2/c1-4-31-18-14(10-24)17(27-19(25)28-18)26-15(11-29(2)3)16(30)9-12-6-5-7-13(8-12)20(21,22)23/h5-8,15H,4,9,11H2,1-3H3,(H3,25,26,27,28)/t15-/m0/s1. The monoisotopic (exact) mass is 436 g/mol. The highest BCUT2D eigenvalue weighted by atomic mass is 19.4. The van der Waals surface area contributed by atoms with E-state index in [9.17, 15) is 23.2 Å². The van der Waals surface area contributed by atoms with Gasteiger partial charge < -0.3 is 20.7 Å². The van der Waals surface area contributed by atoms with Gasteiger partial charge in [0, 0.05) is 13.0 Å². The first-order chi connectivity index (χ1) is 14.5. The highest BCUT2D eigenvalue weighted by molar-refractivity contribution is 5.89. The Morgan fingerprint density at radius 2 is 2.06 bits per heavy atom. The first-order valence-electron chi connectivity index (χ1n) is 9.35. The van der Waals surface area contributed by atoms with Crippen LogP contribution in [0.4, 0.5) is 24.9 Å². The van der Waals surface area contributed by atoms with E-state index in [1.807, 2.05) is 6.07 Å². The van der Waals surface area contributed by atoms with Crippen LogP contribution in [0, 0.1) is 11.3 Å².